The Morgan fingerprint density at radius 2 is 1.89 bits per heavy atom. The summed E-state index contributed by atoms with van der Waals surface area (Å²) in [6.07, 6.45) is 0. The summed E-state index contributed by atoms with van der Waals surface area (Å²) >= 11 is 0. The zero-order valence-corrected chi connectivity index (χ0v) is 12.3. The zero-order valence-electron chi connectivity index (χ0n) is 12.3. The molecule has 0 saturated carbocycles. The van der Waals surface area contributed by atoms with E-state index in [-0.39, 0.29) is 11.5 Å². The van der Waals surface area contributed by atoms with Crippen LogP contribution in [0.25, 0.3) is 10.9 Å². The summed E-state index contributed by atoms with van der Waals surface area (Å²) in [5.41, 5.74) is 2.56. The van der Waals surface area contributed by atoms with Gasteiger partial charge >= 0.3 is 5.97 Å². The fourth-order valence-corrected chi connectivity index (χ4v) is 2.54. The highest BCUT2D eigenvalue weighted by Gasteiger charge is 2.27. The van der Waals surface area contributed by atoms with Crippen LogP contribution in [0.5, 0.6) is 0 Å². The topological polar surface area (TPSA) is 31.2 Å². The summed E-state index contributed by atoms with van der Waals surface area (Å²) < 4.78 is 7.29. The molecule has 3 nitrogen and oxygen atoms in total. The lowest BCUT2D eigenvalue weighted by molar-refractivity contribution is 0.0507. The molecule has 0 saturated heterocycles. The van der Waals surface area contributed by atoms with Crippen LogP contribution in [0.2, 0.25) is 0 Å². The Morgan fingerprint density at radius 1 is 1.26 bits per heavy atom. The van der Waals surface area contributed by atoms with Gasteiger partial charge in [0.2, 0.25) is 0 Å². The fourth-order valence-electron chi connectivity index (χ4n) is 2.54. The molecule has 19 heavy (non-hydrogen) atoms. The molecule has 0 atom stereocenters. The van der Waals surface area contributed by atoms with Crippen LogP contribution in [-0.4, -0.2) is 17.1 Å². The molecule has 1 aromatic carbocycles. The van der Waals surface area contributed by atoms with Crippen LogP contribution < -0.4 is 0 Å². The first-order valence-corrected chi connectivity index (χ1v) is 6.65. The van der Waals surface area contributed by atoms with E-state index in [0.717, 1.165) is 16.5 Å². The van der Waals surface area contributed by atoms with E-state index in [1.807, 2.05) is 26.0 Å². The van der Waals surface area contributed by atoms with Crippen molar-refractivity contribution < 1.29 is 9.53 Å². The van der Waals surface area contributed by atoms with E-state index in [1.165, 1.54) is 0 Å². The zero-order chi connectivity index (χ0) is 14.2. The van der Waals surface area contributed by atoms with Crippen molar-refractivity contribution in [3.63, 3.8) is 0 Å². The van der Waals surface area contributed by atoms with Crippen molar-refractivity contribution in [1.29, 1.82) is 0 Å². The van der Waals surface area contributed by atoms with Crippen molar-refractivity contribution in [3.05, 3.63) is 35.5 Å². The molecule has 0 bridgehead atoms. The monoisotopic (exact) mass is 259 g/mol. The molecule has 0 spiro atoms. The van der Waals surface area contributed by atoms with Crippen molar-refractivity contribution >= 4 is 16.9 Å². The number of ether oxygens (including phenoxy) is 1. The van der Waals surface area contributed by atoms with Gasteiger partial charge in [-0.25, -0.2) is 4.79 Å². The highest BCUT2D eigenvalue weighted by Crippen LogP contribution is 2.31. The van der Waals surface area contributed by atoms with Crippen molar-refractivity contribution in [1.82, 2.24) is 4.57 Å². The van der Waals surface area contributed by atoms with E-state index < -0.39 is 0 Å². The van der Waals surface area contributed by atoms with Gasteiger partial charge in [-0.05, 0) is 46.2 Å². The third-order valence-electron chi connectivity index (χ3n) is 3.27. The van der Waals surface area contributed by atoms with Gasteiger partial charge in [-0.1, -0.05) is 18.2 Å². The van der Waals surface area contributed by atoms with E-state index >= 15 is 0 Å². The van der Waals surface area contributed by atoms with E-state index in [4.69, 9.17) is 4.74 Å². The summed E-state index contributed by atoms with van der Waals surface area (Å²) in [5, 5.41) is 1.11. The SMILES string of the molecule is CCOC(=O)c1c(C)c2ccccc2n1C(C)(C)C. The van der Waals surface area contributed by atoms with Crippen LogP contribution >= 0.6 is 0 Å². The number of nitrogens with zero attached hydrogens (tertiary/aromatic N) is 1. The van der Waals surface area contributed by atoms with Crippen LogP contribution in [0.3, 0.4) is 0 Å². The van der Waals surface area contributed by atoms with Gasteiger partial charge in [0, 0.05) is 16.4 Å². The number of aryl methyl sites for hydroxylation is 1. The Kier molecular flexibility index (Phi) is 3.40. The number of para-hydroxylation sites is 1. The molecule has 1 aromatic heterocycles. The molecular weight excluding hydrogens is 238 g/mol. The van der Waals surface area contributed by atoms with Gasteiger partial charge in [0.05, 0.1) is 6.61 Å². The molecule has 3 heteroatoms. The molecule has 2 rings (SSSR count). The molecule has 102 valence electrons. The number of carbonyl (C=O) groups excluding carboxylic acids is 1. The average Bonchev–Trinajstić information content (AvgIpc) is 2.63. The molecule has 2 aromatic rings. The fraction of sp³-hybridized carbons (Fsp3) is 0.438. The first-order valence-electron chi connectivity index (χ1n) is 6.65. The first kappa shape index (κ1) is 13.7. The second-order valence-electron chi connectivity index (χ2n) is 5.72. The van der Waals surface area contributed by atoms with Gasteiger partial charge in [-0.3, -0.25) is 0 Å². The lowest BCUT2D eigenvalue weighted by atomic mass is 10.1. The van der Waals surface area contributed by atoms with Crippen LogP contribution in [0.4, 0.5) is 0 Å². The second-order valence-corrected chi connectivity index (χ2v) is 5.72. The minimum atomic E-state index is -0.244. The van der Waals surface area contributed by atoms with Gasteiger partial charge in [0.15, 0.2) is 0 Å². The molecular formula is C16H21NO2. The van der Waals surface area contributed by atoms with Gasteiger partial charge in [0.1, 0.15) is 5.69 Å². The number of esters is 1. The predicted molar refractivity (Wildman–Crippen MR) is 77.6 cm³/mol. The first-order chi connectivity index (χ1) is 8.88. The molecule has 0 radical (unpaired) electrons. The Hall–Kier alpha value is -1.77. The Labute approximate surface area is 114 Å². The third kappa shape index (κ3) is 2.25. The standard InChI is InChI=1S/C16H21NO2/c1-6-19-15(18)14-11(2)12-9-7-8-10-13(12)17(14)16(3,4)5/h7-10H,6H2,1-5H3. The van der Waals surface area contributed by atoms with E-state index in [9.17, 15) is 4.79 Å². The lowest BCUT2D eigenvalue weighted by Crippen LogP contribution is -2.26. The van der Waals surface area contributed by atoms with E-state index in [1.54, 1.807) is 0 Å². The van der Waals surface area contributed by atoms with Gasteiger partial charge in [-0.15, -0.1) is 0 Å². The number of rotatable bonds is 2. The third-order valence-corrected chi connectivity index (χ3v) is 3.27. The Bertz CT molecular complexity index is 617. The van der Waals surface area contributed by atoms with Crippen molar-refractivity contribution in [2.45, 2.75) is 40.2 Å². The summed E-state index contributed by atoms with van der Waals surface area (Å²) in [6, 6.07) is 8.10. The van der Waals surface area contributed by atoms with E-state index in [0.29, 0.717) is 12.3 Å². The number of fused-ring (bicyclic) bond motifs is 1. The normalized spacial score (nSPS) is 11.8. The highest BCUT2D eigenvalue weighted by atomic mass is 16.5. The molecule has 0 amide bonds. The van der Waals surface area contributed by atoms with Crippen molar-refractivity contribution in [2.75, 3.05) is 6.61 Å². The highest BCUT2D eigenvalue weighted by molar-refractivity contribution is 5.99. The molecule has 0 aliphatic rings. The van der Waals surface area contributed by atoms with Crippen LogP contribution in [0, 0.1) is 6.92 Å². The number of carbonyl (C=O) groups is 1. The Balaban J connectivity index is 2.81. The minimum absolute atomic E-state index is 0.171. The van der Waals surface area contributed by atoms with Crippen LogP contribution in [0.1, 0.15) is 43.7 Å². The smallest absolute Gasteiger partial charge is 0.355 e. The molecule has 0 unspecified atom stereocenters. The quantitative estimate of drug-likeness (QED) is 0.766. The number of hydrogen-bond acceptors (Lipinski definition) is 2. The molecule has 0 fully saturated rings. The van der Waals surface area contributed by atoms with Gasteiger partial charge in [-0.2, -0.15) is 0 Å². The summed E-state index contributed by atoms with van der Waals surface area (Å²) in [7, 11) is 0. The molecule has 0 N–H and O–H groups in total. The van der Waals surface area contributed by atoms with Crippen LogP contribution in [0.15, 0.2) is 24.3 Å². The second kappa shape index (κ2) is 4.72. The predicted octanol–water partition coefficient (Wildman–Crippen LogP) is 3.88. The van der Waals surface area contributed by atoms with Crippen LogP contribution in [-0.2, 0) is 10.3 Å². The van der Waals surface area contributed by atoms with Gasteiger partial charge < -0.3 is 9.30 Å². The summed E-state index contributed by atoms with van der Waals surface area (Å²) in [4.78, 5) is 12.3. The molecule has 1 heterocycles. The summed E-state index contributed by atoms with van der Waals surface area (Å²) in [5.74, 6) is -0.244. The Morgan fingerprint density at radius 3 is 2.47 bits per heavy atom. The minimum Gasteiger partial charge on any atom is -0.461 e. The van der Waals surface area contributed by atoms with E-state index in [2.05, 4.69) is 37.5 Å². The maximum absolute atomic E-state index is 12.3. The van der Waals surface area contributed by atoms with Gasteiger partial charge in [0.25, 0.3) is 0 Å². The largest absolute Gasteiger partial charge is 0.461 e. The molecule has 0 aliphatic carbocycles. The number of benzene rings is 1. The maximum Gasteiger partial charge on any atom is 0.355 e. The molecule has 0 aliphatic heterocycles. The maximum atomic E-state index is 12.3. The number of hydrogen-bond donors (Lipinski definition) is 0. The average molecular weight is 259 g/mol. The van der Waals surface area contributed by atoms with Crippen molar-refractivity contribution in [2.24, 2.45) is 0 Å². The lowest BCUT2D eigenvalue weighted by Gasteiger charge is -2.25. The van der Waals surface area contributed by atoms with Crippen molar-refractivity contribution in [3.8, 4) is 0 Å². The summed E-state index contributed by atoms with van der Waals surface area (Å²) in [6.45, 7) is 10.5. The number of aromatic nitrogens is 1.